The van der Waals surface area contributed by atoms with E-state index in [-0.39, 0.29) is 11.8 Å². The van der Waals surface area contributed by atoms with Crippen molar-refractivity contribution >= 4 is 29.3 Å². The smallest absolute Gasteiger partial charge is 0.268 e. The normalized spacial score (nSPS) is 19.5. The first kappa shape index (κ1) is 20.6. The summed E-state index contributed by atoms with van der Waals surface area (Å²) in [5, 5.41) is 0. The minimum atomic E-state index is -1.18. The molecule has 2 aliphatic rings. The number of ether oxygens (including phenoxy) is 1. The Morgan fingerprint density at radius 3 is 2.56 bits per heavy atom. The van der Waals surface area contributed by atoms with Gasteiger partial charge in [-0.2, -0.15) is 0 Å². The Kier molecular flexibility index (Phi) is 5.13. The van der Waals surface area contributed by atoms with Gasteiger partial charge in [-0.05, 0) is 48.0 Å². The number of amides is 2. The summed E-state index contributed by atoms with van der Waals surface area (Å²) < 4.78 is 18.9. The third-order valence-corrected chi connectivity index (χ3v) is 7.34. The lowest BCUT2D eigenvalue weighted by Crippen LogP contribution is -2.50. The first-order chi connectivity index (χ1) is 15.5. The van der Waals surface area contributed by atoms with Gasteiger partial charge in [-0.15, -0.1) is 11.8 Å². The number of hydrogen-bond acceptors (Lipinski definition) is 4. The summed E-state index contributed by atoms with van der Waals surface area (Å²) in [5.74, 6) is 0.391. The average molecular weight is 449 g/mol. The van der Waals surface area contributed by atoms with Crippen LogP contribution in [0, 0.1) is 5.82 Å². The zero-order valence-electron chi connectivity index (χ0n) is 17.5. The molecule has 3 aromatic carbocycles. The van der Waals surface area contributed by atoms with Crippen molar-refractivity contribution in [3.8, 4) is 5.75 Å². The lowest BCUT2D eigenvalue weighted by Gasteiger charge is -2.33. The topological polar surface area (TPSA) is 49.9 Å². The summed E-state index contributed by atoms with van der Waals surface area (Å²) in [5.41, 5.74) is 2.87. The monoisotopic (exact) mass is 448 g/mol. The number of methoxy groups -OCH3 is 1. The lowest BCUT2D eigenvalue weighted by molar-refractivity contribution is -0.123. The summed E-state index contributed by atoms with van der Waals surface area (Å²) in [4.78, 5) is 29.7. The SMILES string of the molecule is COc1ccc2c(c1)[C@]1(SCCN1C(=O)c1ccc(F)cc1)C(=O)N2Cc1ccccc1. The summed E-state index contributed by atoms with van der Waals surface area (Å²) in [6, 6.07) is 20.8. The zero-order chi connectivity index (χ0) is 22.3. The molecule has 0 aliphatic carbocycles. The maximum Gasteiger partial charge on any atom is 0.268 e. The molecular weight excluding hydrogens is 427 g/mol. The fourth-order valence-corrected chi connectivity index (χ4v) is 5.84. The number of halogens is 1. The van der Waals surface area contributed by atoms with E-state index in [1.54, 1.807) is 16.9 Å². The number of hydrogen-bond donors (Lipinski definition) is 0. The number of anilines is 1. The summed E-state index contributed by atoms with van der Waals surface area (Å²) in [6.07, 6.45) is 0. The molecule has 1 spiro atoms. The molecule has 0 bridgehead atoms. The van der Waals surface area contributed by atoms with E-state index in [0.717, 1.165) is 16.8 Å². The Bertz CT molecular complexity index is 1190. The molecular formula is C25H21FN2O3S. The predicted octanol–water partition coefficient (Wildman–Crippen LogP) is 4.42. The van der Waals surface area contributed by atoms with Crippen LogP contribution < -0.4 is 9.64 Å². The van der Waals surface area contributed by atoms with Crippen molar-refractivity contribution in [2.75, 3.05) is 24.3 Å². The molecule has 2 amide bonds. The van der Waals surface area contributed by atoms with Gasteiger partial charge in [0.15, 0.2) is 4.87 Å². The highest BCUT2D eigenvalue weighted by Crippen LogP contribution is 2.55. The highest BCUT2D eigenvalue weighted by molar-refractivity contribution is 8.01. The van der Waals surface area contributed by atoms with E-state index in [4.69, 9.17) is 4.74 Å². The molecule has 1 saturated heterocycles. The van der Waals surface area contributed by atoms with E-state index in [1.807, 2.05) is 48.5 Å². The molecule has 1 atom stereocenters. The molecule has 0 radical (unpaired) electrons. The Balaban J connectivity index is 1.61. The van der Waals surface area contributed by atoms with Crippen LogP contribution in [0.3, 0.4) is 0 Å². The van der Waals surface area contributed by atoms with Gasteiger partial charge in [0.1, 0.15) is 11.6 Å². The van der Waals surface area contributed by atoms with Gasteiger partial charge in [-0.1, -0.05) is 30.3 Å². The maximum absolute atomic E-state index is 14.0. The number of thioether (sulfide) groups is 1. The Labute approximate surface area is 189 Å². The van der Waals surface area contributed by atoms with Gasteiger partial charge in [-0.3, -0.25) is 9.59 Å². The first-order valence-corrected chi connectivity index (χ1v) is 11.3. The van der Waals surface area contributed by atoms with Crippen LogP contribution in [-0.2, 0) is 16.2 Å². The minimum absolute atomic E-state index is 0.150. The van der Waals surface area contributed by atoms with Gasteiger partial charge in [-0.25, -0.2) is 4.39 Å². The number of carbonyl (C=O) groups is 2. The van der Waals surface area contributed by atoms with Gasteiger partial charge in [0.25, 0.3) is 11.8 Å². The van der Waals surface area contributed by atoms with Crippen LogP contribution in [0.15, 0.2) is 72.8 Å². The molecule has 2 heterocycles. The second-order valence-electron chi connectivity index (χ2n) is 7.72. The summed E-state index contributed by atoms with van der Waals surface area (Å²) in [7, 11) is 1.58. The molecule has 162 valence electrons. The second-order valence-corrected chi connectivity index (χ2v) is 9.00. The van der Waals surface area contributed by atoms with E-state index < -0.39 is 10.7 Å². The second kappa shape index (κ2) is 7.98. The van der Waals surface area contributed by atoms with E-state index in [9.17, 15) is 14.0 Å². The van der Waals surface area contributed by atoms with Crippen molar-refractivity contribution in [1.29, 1.82) is 0 Å². The van der Waals surface area contributed by atoms with Gasteiger partial charge in [0, 0.05) is 23.4 Å². The molecule has 3 aromatic rings. The molecule has 7 heteroatoms. The molecule has 5 nitrogen and oxygen atoms in total. The van der Waals surface area contributed by atoms with Gasteiger partial charge in [0.2, 0.25) is 0 Å². The van der Waals surface area contributed by atoms with Crippen molar-refractivity contribution in [3.63, 3.8) is 0 Å². The molecule has 0 saturated carbocycles. The summed E-state index contributed by atoms with van der Waals surface area (Å²) >= 11 is 1.46. The fraction of sp³-hybridized carbons (Fsp3) is 0.200. The standard InChI is InChI=1S/C25H21FN2O3S/c1-31-20-11-12-22-21(15-20)25(24(30)27(22)16-17-5-3-2-4-6-17)28(13-14-32-25)23(29)18-7-9-19(26)10-8-18/h2-12,15H,13-14,16H2,1H3/t25-/m0/s1. The van der Waals surface area contributed by atoms with Crippen LogP contribution in [0.2, 0.25) is 0 Å². The Hall–Kier alpha value is -3.32. The molecule has 5 rings (SSSR count). The molecule has 0 aromatic heterocycles. The zero-order valence-corrected chi connectivity index (χ0v) is 18.3. The number of fused-ring (bicyclic) bond motifs is 2. The van der Waals surface area contributed by atoms with Gasteiger partial charge in [0.05, 0.1) is 19.3 Å². The highest BCUT2D eigenvalue weighted by Gasteiger charge is 2.59. The van der Waals surface area contributed by atoms with Crippen molar-refractivity contribution in [3.05, 3.63) is 95.3 Å². The van der Waals surface area contributed by atoms with E-state index >= 15 is 0 Å². The van der Waals surface area contributed by atoms with Crippen LogP contribution in [0.25, 0.3) is 0 Å². The largest absolute Gasteiger partial charge is 0.497 e. The van der Waals surface area contributed by atoms with Crippen molar-refractivity contribution in [2.24, 2.45) is 0 Å². The van der Waals surface area contributed by atoms with Crippen LogP contribution in [0.5, 0.6) is 5.75 Å². The van der Waals surface area contributed by atoms with Crippen LogP contribution in [-0.4, -0.2) is 36.1 Å². The van der Waals surface area contributed by atoms with Crippen LogP contribution >= 0.6 is 11.8 Å². The molecule has 0 unspecified atom stereocenters. The number of benzene rings is 3. The van der Waals surface area contributed by atoms with E-state index in [2.05, 4.69) is 0 Å². The third kappa shape index (κ3) is 3.15. The molecule has 32 heavy (non-hydrogen) atoms. The number of rotatable bonds is 4. The predicted molar refractivity (Wildman–Crippen MR) is 122 cm³/mol. The quantitative estimate of drug-likeness (QED) is 0.593. The van der Waals surface area contributed by atoms with Crippen molar-refractivity contribution in [2.45, 2.75) is 11.4 Å². The number of carbonyl (C=O) groups excluding carboxylic acids is 2. The van der Waals surface area contributed by atoms with Crippen LogP contribution in [0.4, 0.5) is 10.1 Å². The highest BCUT2D eigenvalue weighted by atomic mass is 32.2. The molecule has 2 aliphatic heterocycles. The van der Waals surface area contributed by atoms with Crippen LogP contribution in [0.1, 0.15) is 21.5 Å². The minimum Gasteiger partial charge on any atom is -0.497 e. The Morgan fingerprint density at radius 1 is 1.09 bits per heavy atom. The van der Waals surface area contributed by atoms with Gasteiger partial charge < -0.3 is 14.5 Å². The first-order valence-electron chi connectivity index (χ1n) is 10.3. The molecule has 1 fully saturated rings. The molecule has 0 N–H and O–H groups in total. The van der Waals surface area contributed by atoms with E-state index in [1.165, 1.54) is 36.0 Å². The average Bonchev–Trinajstić information content (AvgIpc) is 3.36. The lowest BCUT2D eigenvalue weighted by atomic mass is 10.0. The van der Waals surface area contributed by atoms with E-state index in [0.29, 0.717) is 30.2 Å². The number of nitrogens with zero attached hydrogens (tertiary/aromatic N) is 2. The summed E-state index contributed by atoms with van der Waals surface area (Å²) in [6.45, 7) is 0.822. The third-order valence-electron chi connectivity index (χ3n) is 5.92. The Morgan fingerprint density at radius 2 is 1.84 bits per heavy atom. The van der Waals surface area contributed by atoms with Crippen molar-refractivity contribution < 1.29 is 18.7 Å². The fourth-order valence-electron chi connectivity index (χ4n) is 4.39. The maximum atomic E-state index is 14.0. The van der Waals surface area contributed by atoms with Crippen molar-refractivity contribution in [1.82, 2.24) is 4.90 Å². The van der Waals surface area contributed by atoms with Gasteiger partial charge >= 0.3 is 0 Å².